The molecule has 0 bridgehead atoms. The summed E-state index contributed by atoms with van der Waals surface area (Å²) >= 11 is 0. The number of aliphatic hydroxyl groups excluding tert-OH is 1. The zero-order chi connectivity index (χ0) is 16.4. The Hall–Kier alpha value is -0.900. The van der Waals surface area contributed by atoms with E-state index in [-0.39, 0.29) is 28.7 Å². The fraction of sp³-hybridized carbons (Fsp3) is 0.895. The second kappa shape index (κ2) is 5.05. The van der Waals surface area contributed by atoms with E-state index in [0.29, 0.717) is 30.6 Å². The van der Waals surface area contributed by atoms with Crippen molar-refractivity contribution in [2.45, 2.75) is 76.9 Å². The molecule has 23 heavy (non-hydrogen) atoms. The quantitative estimate of drug-likeness (QED) is 0.697. The first-order valence-electron chi connectivity index (χ1n) is 9.29. The van der Waals surface area contributed by atoms with Gasteiger partial charge in [0.15, 0.2) is 5.78 Å². The van der Waals surface area contributed by atoms with Crippen LogP contribution in [0.4, 0.5) is 0 Å². The van der Waals surface area contributed by atoms with Crippen LogP contribution in [0.15, 0.2) is 0 Å². The van der Waals surface area contributed by atoms with E-state index < -0.39 is 6.10 Å². The van der Waals surface area contributed by atoms with Gasteiger partial charge in [-0.1, -0.05) is 6.92 Å². The number of Topliss-reactive ketones (excluding diaryl/α,β-unsaturated/α-hetero) is 1. The first kappa shape index (κ1) is 15.6. The van der Waals surface area contributed by atoms with Gasteiger partial charge in [-0.3, -0.25) is 9.59 Å². The number of ketones is 1. The van der Waals surface area contributed by atoms with Crippen molar-refractivity contribution >= 4 is 11.8 Å². The average molecular weight is 320 g/mol. The van der Waals surface area contributed by atoms with Gasteiger partial charge in [-0.15, -0.1) is 0 Å². The van der Waals surface area contributed by atoms with Crippen molar-refractivity contribution in [3.05, 3.63) is 0 Å². The number of ether oxygens (including phenoxy) is 1. The third-order valence-corrected chi connectivity index (χ3v) is 7.84. The van der Waals surface area contributed by atoms with Crippen LogP contribution in [-0.4, -0.2) is 28.6 Å². The van der Waals surface area contributed by atoms with E-state index >= 15 is 0 Å². The molecule has 3 aliphatic carbocycles. The van der Waals surface area contributed by atoms with E-state index in [4.69, 9.17) is 4.74 Å². The Morgan fingerprint density at radius 1 is 1.00 bits per heavy atom. The predicted octanol–water partition coefficient (Wildman–Crippen LogP) is 2.86. The number of esters is 1. The minimum Gasteiger partial charge on any atom is -0.459 e. The Morgan fingerprint density at radius 2 is 1.78 bits per heavy atom. The summed E-state index contributed by atoms with van der Waals surface area (Å²) in [4.78, 5) is 24.3. The molecule has 0 spiro atoms. The number of hydrogen-bond donors (Lipinski definition) is 1. The SMILES string of the molecule is C[C@]12CCC3C(CC[C@H]4C(=O)[C@H](O)CC[C@]34C)C1CCC(=O)O2. The first-order valence-corrected chi connectivity index (χ1v) is 9.29. The molecule has 0 aromatic rings. The van der Waals surface area contributed by atoms with Crippen LogP contribution in [0.25, 0.3) is 0 Å². The van der Waals surface area contributed by atoms with E-state index in [0.717, 1.165) is 38.5 Å². The molecular weight excluding hydrogens is 292 g/mol. The van der Waals surface area contributed by atoms with Crippen molar-refractivity contribution in [3.8, 4) is 0 Å². The fourth-order valence-corrected chi connectivity index (χ4v) is 6.62. The predicted molar refractivity (Wildman–Crippen MR) is 84.5 cm³/mol. The summed E-state index contributed by atoms with van der Waals surface area (Å²) < 4.78 is 5.79. The highest BCUT2D eigenvalue weighted by atomic mass is 16.6. The van der Waals surface area contributed by atoms with Gasteiger partial charge in [0.25, 0.3) is 0 Å². The largest absolute Gasteiger partial charge is 0.459 e. The number of aliphatic hydroxyl groups is 1. The summed E-state index contributed by atoms with van der Waals surface area (Å²) in [5.74, 6) is 1.61. The van der Waals surface area contributed by atoms with Crippen LogP contribution in [0.2, 0.25) is 0 Å². The molecule has 0 aromatic carbocycles. The van der Waals surface area contributed by atoms with E-state index in [1.54, 1.807) is 0 Å². The maximum atomic E-state index is 12.5. The maximum absolute atomic E-state index is 12.5. The van der Waals surface area contributed by atoms with Crippen LogP contribution in [0, 0.1) is 29.1 Å². The molecule has 3 saturated carbocycles. The molecule has 4 heteroatoms. The smallest absolute Gasteiger partial charge is 0.306 e. The highest BCUT2D eigenvalue weighted by Crippen LogP contribution is 2.62. The summed E-state index contributed by atoms with van der Waals surface area (Å²) in [5, 5.41) is 9.98. The Kier molecular flexibility index (Phi) is 3.43. The third-order valence-electron chi connectivity index (χ3n) is 7.84. The Balaban J connectivity index is 1.64. The van der Waals surface area contributed by atoms with Crippen LogP contribution >= 0.6 is 0 Å². The second-order valence-corrected chi connectivity index (χ2v) is 8.83. The van der Waals surface area contributed by atoms with E-state index in [1.807, 2.05) is 0 Å². The van der Waals surface area contributed by atoms with Crippen LogP contribution < -0.4 is 0 Å². The van der Waals surface area contributed by atoms with E-state index in [1.165, 1.54) is 0 Å². The lowest BCUT2D eigenvalue weighted by atomic mass is 9.45. The van der Waals surface area contributed by atoms with Gasteiger partial charge in [-0.25, -0.2) is 0 Å². The topological polar surface area (TPSA) is 63.6 Å². The summed E-state index contributed by atoms with van der Waals surface area (Å²) in [6.07, 6.45) is 6.21. The van der Waals surface area contributed by atoms with Crippen molar-refractivity contribution < 1.29 is 19.4 Å². The summed E-state index contributed by atoms with van der Waals surface area (Å²) in [6.45, 7) is 4.41. The molecule has 0 amide bonds. The maximum Gasteiger partial charge on any atom is 0.306 e. The van der Waals surface area contributed by atoms with Crippen LogP contribution in [0.3, 0.4) is 0 Å². The second-order valence-electron chi connectivity index (χ2n) is 8.83. The van der Waals surface area contributed by atoms with Crippen LogP contribution in [0.5, 0.6) is 0 Å². The average Bonchev–Trinajstić information content (AvgIpc) is 2.50. The number of carbonyl (C=O) groups excluding carboxylic acids is 2. The Morgan fingerprint density at radius 3 is 2.57 bits per heavy atom. The molecule has 4 nitrogen and oxygen atoms in total. The summed E-state index contributed by atoms with van der Waals surface area (Å²) in [7, 11) is 0. The molecule has 1 heterocycles. The molecule has 1 N–H and O–H groups in total. The van der Waals surface area contributed by atoms with Crippen LogP contribution in [0.1, 0.15) is 65.2 Å². The normalized spacial score (nSPS) is 52.9. The van der Waals surface area contributed by atoms with E-state index in [2.05, 4.69) is 13.8 Å². The van der Waals surface area contributed by atoms with Gasteiger partial charge in [0.2, 0.25) is 0 Å². The minimum absolute atomic E-state index is 0.0298. The molecule has 4 aliphatic rings. The van der Waals surface area contributed by atoms with Crippen molar-refractivity contribution in [1.82, 2.24) is 0 Å². The highest BCUT2D eigenvalue weighted by Gasteiger charge is 2.60. The molecule has 1 saturated heterocycles. The Labute approximate surface area is 138 Å². The minimum atomic E-state index is -0.742. The molecule has 4 fully saturated rings. The van der Waals surface area contributed by atoms with Crippen molar-refractivity contribution in [3.63, 3.8) is 0 Å². The van der Waals surface area contributed by atoms with Crippen molar-refractivity contribution in [2.24, 2.45) is 29.1 Å². The molecule has 3 unspecified atom stereocenters. The molecule has 0 aromatic heterocycles. The molecule has 128 valence electrons. The van der Waals surface area contributed by atoms with Crippen LogP contribution in [-0.2, 0) is 14.3 Å². The first-order chi connectivity index (χ1) is 10.8. The standard InChI is InChI=1S/C19H28O4/c1-18-9-8-15(20)17(22)14(18)4-3-11-12(18)7-10-19(2)13(11)5-6-16(21)23-19/h11-15,20H,3-10H2,1-2H3/t11?,12?,13?,14-,15+,18+,19-/m0/s1. The van der Waals surface area contributed by atoms with E-state index in [9.17, 15) is 14.7 Å². The fourth-order valence-electron chi connectivity index (χ4n) is 6.62. The van der Waals surface area contributed by atoms with Gasteiger partial charge in [0, 0.05) is 18.3 Å². The lowest BCUT2D eigenvalue weighted by molar-refractivity contribution is -0.203. The van der Waals surface area contributed by atoms with Gasteiger partial charge >= 0.3 is 5.97 Å². The Bertz CT molecular complexity index is 543. The molecule has 1 aliphatic heterocycles. The zero-order valence-corrected chi connectivity index (χ0v) is 14.2. The van der Waals surface area contributed by atoms with Gasteiger partial charge in [0.05, 0.1) is 0 Å². The number of carbonyl (C=O) groups is 2. The number of rotatable bonds is 0. The van der Waals surface area contributed by atoms with Gasteiger partial charge < -0.3 is 9.84 Å². The van der Waals surface area contributed by atoms with Crippen molar-refractivity contribution in [2.75, 3.05) is 0 Å². The third kappa shape index (κ3) is 2.13. The zero-order valence-electron chi connectivity index (χ0n) is 14.2. The van der Waals surface area contributed by atoms with Gasteiger partial charge in [0.1, 0.15) is 11.7 Å². The van der Waals surface area contributed by atoms with Gasteiger partial charge in [-0.05, 0) is 69.1 Å². The van der Waals surface area contributed by atoms with Gasteiger partial charge in [-0.2, -0.15) is 0 Å². The lowest BCUT2D eigenvalue weighted by Gasteiger charge is -2.61. The highest BCUT2D eigenvalue weighted by molar-refractivity contribution is 5.87. The molecule has 7 atom stereocenters. The lowest BCUT2D eigenvalue weighted by Crippen LogP contribution is -2.60. The molecular formula is C19H28O4. The molecule has 4 rings (SSSR count). The number of fused-ring (bicyclic) bond motifs is 5. The summed E-state index contributed by atoms with van der Waals surface area (Å²) in [6, 6.07) is 0. The monoisotopic (exact) mass is 320 g/mol. The summed E-state index contributed by atoms with van der Waals surface area (Å²) in [5.41, 5.74) is -0.264. The van der Waals surface area contributed by atoms with Crippen molar-refractivity contribution in [1.29, 1.82) is 0 Å². The number of hydrogen-bond acceptors (Lipinski definition) is 4. The molecule has 0 radical (unpaired) electrons.